The highest BCUT2D eigenvalue weighted by Gasteiger charge is 2.21. The topological polar surface area (TPSA) is 0 Å². The third-order valence-corrected chi connectivity index (χ3v) is 7.11. The van der Waals surface area contributed by atoms with Crippen LogP contribution in [0.4, 0.5) is 0 Å². The minimum atomic E-state index is 0.659. The van der Waals surface area contributed by atoms with Crippen molar-refractivity contribution in [3.05, 3.63) is 72.3 Å². The maximum atomic E-state index is 2.28. The second kappa shape index (κ2) is 7.02. The second-order valence-electron chi connectivity index (χ2n) is 6.01. The summed E-state index contributed by atoms with van der Waals surface area (Å²) in [6.07, 6.45) is 5.08. The van der Waals surface area contributed by atoms with Crippen molar-refractivity contribution < 1.29 is 0 Å². The molecule has 2 heteroatoms. The van der Waals surface area contributed by atoms with Crippen LogP contribution in [0.2, 0.25) is 0 Å². The van der Waals surface area contributed by atoms with Gasteiger partial charge in [-0.1, -0.05) is 61.0 Å². The average Bonchev–Trinajstić information content (AvgIpc) is 2.60. The van der Waals surface area contributed by atoms with E-state index in [0.29, 0.717) is 4.58 Å². The Hall–Kier alpha value is -1.38. The van der Waals surface area contributed by atoms with Crippen LogP contribution >= 0.6 is 23.5 Å². The SMILES string of the molecule is c1ccc(CCCCC2Sc3cccc4cccc(c34)S2)cc1. The molecule has 3 aromatic rings. The van der Waals surface area contributed by atoms with Crippen LogP contribution in [0.5, 0.6) is 0 Å². The van der Waals surface area contributed by atoms with Gasteiger partial charge in [0.15, 0.2) is 0 Å². The Labute approximate surface area is 146 Å². The van der Waals surface area contributed by atoms with Gasteiger partial charge in [0.25, 0.3) is 0 Å². The highest BCUT2D eigenvalue weighted by molar-refractivity contribution is 8.17. The fourth-order valence-corrected chi connectivity index (χ4v) is 6.20. The van der Waals surface area contributed by atoms with Gasteiger partial charge in [-0.05, 0) is 42.3 Å². The number of hydrogen-bond donors (Lipinski definition) is 0. The summed E-state index contributed by atoms with van der Waals surface area (Å²) in [5, 5.41) is 2.84. The highest BCUT2D eigenvalue weighted by Crippen LogP contribution is 2.49. The predicted molar refractivity (Wildman–Crippen MR) is 103 cm³/mol. The van der Waals surface area contributed by atoms with E-state index >= 15 is 0 Å². The molecule has 0 saturated carbocycles. The van der Waals surface area contributed by atoms with Gasteiger partial charge in [0, 0.05) is 15.2 Å². The molecule has 0 unspecified atom stereocenters. The van der Waals surface area contributed by atoms with E-state index in [4.69, 9.17) is 0 Å². The molecule has 0 amide bonds. The van der Waals surface area contributed by atoms with Gasteiger partial charge >= 0.3 is 0 Å². The van der Waals surface area contributed by atoms with E-state index < -0.39 is 0 Å². The van der Waals surface area contributed by atoms with Crippen LogP contribution in [0.3, 0.4) is 0 Å². The summed E-state index contributed by atoms with van der Waals surface area (Å²) >= 11 is 4.12. The van der Waals surface area contributed by atoms with E-state index in [2.05, 4.69) is 90.3 Å². The summed E-state index contributed by atoms with van der Waals surface area (Å²) in [5.74, 6) is 0. The van der Waals surface area contributed by atoms with E-state index in [-0.39, 0.29) is 0 Å². The standard InChI is InChI=1S/C21H20S2/c1-2-8-16(9-3-1)10-4-5-15-20-22-18-13-6-11-17-12-7-14-19(23-20)21(17)18/h1-3,6-9,11-14,20H,4-5,10,15H2. The number of thioether (sulfide) groups is 2. The number of rotatable bonds is 5. The molecule has 116 valence electrons. The maximum Gasteiger partial charge on any atom is 0.0597 e. The molecule has 4 rings (SSSR count). The van der Waals surface area contributed by atoms with E-state index in [9.17, 15) is 0 Å². The molecule has 3 aromatic carbocycles. The summed E-state index contributed by atoms with van der Waals surface area (Å²) in [4.78, 5) is 2.93. The molecule has 0 bridgehead atoms. The van der Waals surface area contributed by atoms with Crippen LogP contribution in [-0.2, 0) is 6.42 Å². The van der Waals surface area contributed by atoms with Gasteiger partial charge in [-0.15, -0.1) is 23.5 Å². The molecule has 0 saturated heterocycles. The Bertz CT molecular complexity index is 755. The molecular weight excluding hydrogens is 316 g/mol. The largest absolute Gasteiger partial charge is 0.111 e. The van der Waals surface area contributed by atoms with Crippen molar-refractivity contribution in [2.45, 2.75) is 40.1 Å². The fourth-order valence-electron chi connectivity index (χ4n) is 3.18. The molecule has 1 aliphatic heterocycles. The van der Waals surface area contributed by atoms with Crippen molar-refractivity contribution in [2.75, 3.05) is 0 Å². The maximum absolute atomic E-state index is 2.28. The lowest BCUT2D eigenvalue weighted by Gasteiger charge is -2.24. The number of aryl methyl sites for hydroxylation is 1. The quantitative estimate of drug-likeness (QED) is 0.471. The third-order valence-electron chi connectivity index (χ3n) is 4.34. The zero-order valence-electron chi connectivity index (χ0n) is 13.1. The minimum Gasteiger partial charge on any atom is -0.111 e. The first-order chi connectivity index (χ1) is 11.4. The lowest BCUT2D eigenvalue weighted by Crippen LogP contribution is -2.02. The molecule has 1 aliphatic rings. The fraction of sp³-hybridized carbons (Fsp3) is 0.238. The van der Waals surface area contributed by atoms with Gasteiger partial charge < -0.3 is 0 Å². The van der Waals surface area contributed by atoms with Gasteiger partial charge in [-0.25, -0.2) is 0 Å². The van der Waals surface area contributed by atoms with E-state index in [0.717, 1.165) is 0 Å². The van der Waals surface area contributed by atoms with Crippen LogP contribution < -0.4 is 0 Å². The van der Waals surface area contributed by atoms with Crippen molar-refractivity contribution in [1.29, 1.82) is 0 Å². The Morgan fingerprint density at radius 1 is 0.696 bits per heavy atom. The van der Waals surface area contributed by atoms with Crippen LogP contribution in [0, 0.1) is 0 Å². The molecule has 23 heavy (non-hydrogen) atoms. The van der Waals surface area contributed by atoms with Crippen molar-refractivity contribution >= 4 is 34.3 Å². The average molecular weight is 337 g/mol. The molecule has 0 aliphatic carbocycles. The number of hydrogen-bond acceptors (Lipinski definition) is 2. The Morgan fingerprint density at radius 2 is 1.39 bits per heavy atom. The summed E-state index contributed by atoms with van der Waals surface area (Å²) in [6, 6.07) is 24.2. The van der Waals surface area contributed by atoms with Gasteiger partial charge in [-0.3, -0.25) is 0 Å². The monoisotopic (exact) mass is 336 g/mol. The van der Waals surface area contributed by atoms with E-state index in [1.165, 1.54) is 51.8 Å². The lowest BCUT2D eigenvalue weighted by atomic mass is 10.1. The van der Waals surface area contributed by atoms with Crippen LogP contribution in [-0.4, -0.2) is 4.58 Å². The van der Waals surface area contributed by atoms with Crippen molar-refractivity contribution in [1.82, 2.24) is 0 Å². The Morgan fingerprint density at radius 3 is 2.09 bits per heavy atom. The van der Waals surface area contributed by atoms with Crippen LogP contribution in [0.15, 0.2) is 76.5 Å². The first-order valence-electron chi connectivity index (χ1n) is 8.29. The predicted octanol–water partition coefficient (Wildman–Crippen LogP) is 6.78. The first kappa shape index (κ1) is 15.2. The van der Waals surface area contributed by atoms with Gasteiger partial charge in [-0.2, -0.15) is 0 Å². The van der Waals surface area contributed by atoms with Crippen LogP contribution in [0.25, 0.3) is 10.8 Å². The van der Waals surface area contributed by atoms with Crippen molar-refractivity contribution in [3.63, 3.8) is 0 Å². The highest BCUT2D eigenvalue weighted by atomic mass is 32.2. The van der Waals surface area contributed by atoms with Crippen molar-refractivity contribution in [2.24, 2.45) is 0 Å². The molecule has 0 spiro atoms. The van der Waals surface area contributed by atoms with Gasteiger partial charge in [0.1, 0.15) is 0 Å². The summed E-state index contributed by atoms with van der Waals surface area (Å²) in [7, 11) is 0. The van der Waals surface area contributed by atoms with E-state index in [1.54, 1.807) is 0 Å². The lowest BCUT2D eigenvalue weighted by molar-refractivity contribution is 0.711. The summed E-state index contributed by atoms with van der Waals surface area (Å²) in [5.41, 5.74) is 1.46. The smallest absolute Gasteiger partial charge is 0.0597 e. The van der Waals surface area contributed by atoms with E-state index in [1.807, 2.05) is 0 Å². The molecule has 0 radical (unpaired) electrons. The second-order valence-corrected chi connectivity index (χ2v) is 8.79. The summed E-state index contributed by atoms with van der Waals surface area (Å²) < 4.78 is 0.659. The zero-order valence-corrected chi connectivity index (χ0v) is 14.7. The molecule has 0 nitrogen and oxygen atoms in total. The third kappa shape index (κ3) is 3.44. The van der Waals surface area contributed by atoms with Gasteiger partial charge in [0.2, 0.25) is 0 Å². The van der Waals surface area contributed by atoms with Gasteiger partial charge in [0.05, 0.1) is 4.58 Å². The zero-order chi connectivity index (χ0) is 15.5. The van der Waals surface area contributed by atoms with Crippen LogP contribution in [0.1, 0.15) is 24.8 Å². The molecule has 0 aromatic heterocycles. The molecular formula is C21H20S2. The number of benzene rings is 3. The molecule has 0 atom stereocenters. The molecule has 1 heterocycles. The van der Waals surface area contributed by atoms with Crippen molar-refractivity contribution in [3.8, 4) is 0 Å². The molecule has 0 N–H and O–H groups in total. The molecule has 0 fully saturated rings. The number of unbranched alkanes of at least 4 members (excludes halogenated alkanes) is 1. The first-order valence-corrected chi connectivity index (χ1v) is 10.0. The normalized spacial score (nSPS) is 14.3. The minimum absolute atomic E-state index is 0.659. The summed E-state index contributed by atoms with van der Waals surface area (Å²) in [6.45, 7) is 0. The Balaban J connectivity index is 1.37. The Kier molecular flexibility index (Phi) is 4.63.